The molecule has 3 rings (SSSR count). The Balaban J connectivity index is 1.53. The number of ether oxygens (including phenoxy) is 2. The Morgan fingerprint density at radius 1 is 1.30 bits per heavy atom. The Labute approximate surface area is 160 Å². The van der Waals surface area contributed by atoms with Crippen LogP contribution < -0.4 is 20.1 Å². The number of hydrogen-bond acceptors (Lipinski definition) is 7. The Morgan fingerprint density at radius 2 is 2.11 bits per heavy atom. The van der Waals surface area contributed by atoms with Crippen LogP contribution in [-0.2, 0) is 29.3 Å². The number of carbonyl (C=O) groups is 2. The van der Waals surface area contributed by atoms with E-state index in [-0.39, 0.29) is 37.5 Å². The average Bonchev–Trinajstić information content (AvgIpc) is 3.30. The van der Waals surface area contributed by atoms with Crippen LogP contribution in [0.4, 0.5) is 0 Å². The molecule has 3 N–H and O–H groups in total. The minimum absolute atomic E-state index is 0.0353. The van der Waals surface area contributed by atoms with Crippen LogP contribution in [-0.4, -0.2) is 46.1 Å². The van der Waals surface area contributed by atoms with Crippen LogP contribution in [0.5, 0.6) is 11.5 Å². The van der Waals surface area contributed by atoms with Crippen LogP contribution in [0.25, 0.3) is 0 Å². The first kappa shape index (κ1) is 19.1. The Bertz CT molecular complexity index is 839. The molecule has 1 aromatic carbocycles. The molecule has 27 heavy (non-hydrogen) atoms. The van der Waals surface area contributed by atoms with Gasteiger partial charge in [-0.05, 0) is 17.7 Å². The van der Waals surface area contributed by atoms with E-state index in [0.717, 1.165) is 5.56 Å². The summed E-state index contributed by atoms with van der Waals surface area (Å²) in [6.45, 7) is 0.374. The van der Waals surface area contributed by atoms with E-state index in [1.54, 1.807) is 4.57 Å². The normalized spacial score (nSPS) is 12.1. The summed E-state index contributed by atoms with van der Waals surface area (Å²) in [4.78, 5) is 27.9. The van der Waals surface area contributed by atoms with Crippen molar-refractivity contribution in [2.24, 2.45) is 0 Å². The van der Waals surface area contributed by atoms with Gasteiger partial charge in [-0.15, -0.1) is 0 Å². The highest BCUT2D eigenvalue weighted by atomic mass is 32.2. The summed E-state index contributed by atoms with van der Waals surface area (Å²) in [5.74, 6) is 1.13. The van der Waals surface area contributed by atoms with E-state index < -0.39 is 0 Å². The van der Waals surface area contributed by atoms with Gasteiger partial charge in [0, 0.05) is 13.6 Å². The second-order valence-electron chi connectivity index (χ2n) is 5.70. The van der Waals surface area contributed by atoms with Crippen LogP contribution in [0.2, 0.25) is 0 Å². The van der Waals surface area contributed by atoms with E-state index in [9.17, 15) is 14.7 Å². The van der Waals surface area contributed by atoms with Gasteiger partial charge in [0.15, 0.2) is 16.7 Å². The number of hydrogen-bond donors (Lipinski definition) is 3. The van der Waals surface area contributed by atoms with Gasteiger partial charge in [-0.25, -0.2) is 4.98 Å². The van der Waals surface area contributed by atoms with Crippen molar-refractivity contribution in [1.82, 2.24) is 20.2 Å². The number of nitrogens with one attached hydrogen (secondary N) is 2. The van der Waals surface area contributed by atoms with Crippen molar-refractivity contribution in [3.05, 3.63) is 35.7 Å². The van der Waals surface area contributed by atoms with Crippen LogP contribution in [0, 0.1) is 0 Å². The molecule has 10 heteroatoms. The lowest BCUT2D eigenvalue weighted by atomic mass is 10.2. The molecule has 1 aliphatic heterocycles. The van der Waals surface area contributed by atoms with E-state index in [1.165, 1.54) is 25.0 Å². The van der Waals surface area contributed by atoms with Gasteiger partial charge in [0.2, 0.25) is 18.6 Å². The molecular weight excluding hydrogens is 372 g/mol. The lowest BCUT2D eigenvalue weighted by Crippen LogP contribution is -2.26. The van der Waals surface area contributed by atoms with Crippen molar-refractivity contribution < 1.29 is 24.2 Å². The number of nitrogens with zero attached hydrogens (tertiary/aromatic N) is 2. The number of fused-ring (bicyclic) bond motifs is 1. The second kappa shape index (κ2) is 8.78. The summed E-state index contributed by atoms with van der Waals surface area (Å²) in [6, 6.07) is 5.51. The largest absolute Gasteiger partial charge is 0.454 e. The molecular formula is C17H20N4O5S. The highest BCUT2D eigenvalue weighted by Gasteiger charge is 2.15. The fourth-order valence-electron chi connectivity index (χ4n) is 2.46. The molecule has 0 saturated heterocycles. The summed E-state index contributed by atoms with van der Waals surface area (Å²) < 4.78 is 12.2. The van der Waals surface area contributed by atoms with E-state index >= 15 is 0 Å². The van der Waals surface area contributed by atoms with Crippen LogP contribution in [0.3, 0.4) is 0 Å². The molecule has 0 fully saturated rings. The number of amides is 2. The average molecular weight is 392 g/mol. The van der Waals surface area contributed by atoms with Gasteiger partial charge in [0.05, 0.1) is 24.3 Å². The first-order valence-corrected chi connectivity index (χ1v) is 9.23. The molecule has 2 amide bonds. The molecule has 0 bridgehead atoms. The van der Waals surface area contributed by atoms with Crippen LogP contribution >= 0.6 is 11.8 Å². The van der Waals surface area contributed by atoms with Crippen LogP contribution in [0.1, 0.15) is 11.3 Å². The molecule has 0 atom stereocenters. The Hall–Kier alpha value is -2.72. The van der Waals surface area contributed by atoms with Crippen LogP contribution in [0.15, 0.2) is 29.6 Å². The maximum absolute atomic E-state index is 12.1. The lowest BCUT2D eigenvalue weighted by Gasteiger charge is -2.10. The summed E-state index contributed by atoms with van der Waals surface area (Å²) >= 11 is 1.20. The SMILES string of the molecule is CNC(=O)Cn1c(CO)cnc1SCC(=O)NCc1ccc2c(c1)OCO2. The molecule has 1 aliphatic rings. The van der Waals surface area contributed by atoms with Gasteiger partial charge in [-0.1, -0.05) is 17.8 Å². The molecule has 2 aromatic rings. The number of benzene rings is 1. The molecule has 1 aromatic heterocycles. The maximum atomic E-state index is 12.1. The molecule has 144 valence electrons. The predicted molar refractivity (Wildman–Crippen MR) is 97.4 cm³/mol. The summed E-state index contributed by atoms with van der Waals surface area (Å²) in [7, 11) is 1.54. The summed E-state index contributed by atoms with van der Waals surface area (Å²) in [5, 5.41) is 15.2. The summed E-state index contributed by atoms with van der Waals surface area (Å²) in [6.07, 6.45) is 1.50. The van der Waals surface area contributed by atoms with E-state index in [2.05, 4.69) is 15.6 Å². The standard InChI is InChI=1S/C17H20N4O5S/c1-18-15(23)7-21-12(8-22)6-20-17(21)27-9-16(24)19-5-11-2-3-13-14(4-11)26-10-25-13/h2-4,6,22H,5,7-10H2,1H3,(H,18,23)(H,19,24). The van der Waals surface area contributed by atoms with Gasteiger partial charge in [-0.2, -0.15) is 0 Å². The van der Waals surface area contributed by atoms with Crippen molar-refractivity contribution in [2.75, 3.05) is 19.6 Å². The third-order valence-electron chi connectivity index (χ3n) is 3.90. The molecule has 0 radical (unpaired) electrons. The first-order valence-electron chi connectivity index (χ1n) is 8.24. The maximum Gasteiger partial charge on any atom is 0.239 e. The van der Waals surface area contributed by atoms with Crippen molar-refractivity contribution in [1.29, 1.82) is 0 Å². The zero-order valence-electron chi connectivity index (χ0n) is 14.7. The molecule has 2 heterocycles. The van der Waals surface area contributed by atoms with Gasteiger partial charge in [-0.3, -0.25) is 9.59 Å². The smallest absolute Gasteiger partial charge is 0.239 e. The van der Waals surface area contributed by atoms with E-state index in [1.807, 2.05) is 18.2 Å². The number of carbonyl (C=O) groups excluding carboxylic acids is 2. The number of likely N-dealkylation sites (N-methyl/N-ethyl adjacent to an activating group) is 1. The minimum atomic E-state index is -0.235. The van der Waals surface area contributed by atoms with Crippen molar-refractivity contribution in [3.8, 4) is 11.5 Å². The number of aliphatic hydroxyl groups is 1. The fraction of sp³-hybridized carbons (Fsp3) is 0.353. The number of aromatic nitrogens is 2. The quantitative estimate of drug-likeness (QED) is 0.552. The van der Waals surface area contributed by atoms with Gasteiger partial charge >= 0.3 is 0 Å². The number of rotatable bonds is 8. The van der Waals surface area contributed by atoms with E-state index in [0.29, 0.717) is 28.9 Å². The zero-order chi connectivity index (χ0) is 19.2. The second-order valence-corrected chi connectivity index (χ2v) is 6.65. The number of aliphatic hydroxyl groups excluding tert-OH is 1. The van der Waals surface area contributed by atoms with Gasteiger partial charge in [0.25, 0.3) is 0 Å². The minimum Gasteiger partial charge on any atom is -0.454 e. The molecule has 0 saturated carbocycles. The highest BCUT2D eigenvalue weighted by Crippen LogP contribution is 2.32. The molecule has 0 aliphatic carbocycles. The van der Waals surface area contributed by atoms with Gasteiger partial charge < -0.3 is 29.8 Å². The monoisotopic (exact) mass is 392 g/mol. The Morgan fingerprint density at radius 3 is 2.89 bits per heavy atom. The number of thioether (sulfide) groups is 1. The van der Waals surface area contributed by atoms with Gasteiger partial charge in [0.1, 0.15) is 6.54 Å². The lowest BCUT2D eigenvalue weighted by molar-refractivity contribution is -0.121. The summed E-state index contributed by atoms with van der Waals surface area (Å²) in [5.41, 5.74) is 1.42. The molecule has 0 spiro atoms. The number of imidazole rings is 1. The highest BCUT2D eigenvalue weighted by molar-refractivity contribution is 7.99. The third-order valence-corrected chi connectivity index (χ3v) is 4.89. The molecule has 9 nitrogen and oxygen atoms in total. The van der Waals surface area contributed by atoms with Crippen molar-refractivity contribution in [3.63, 3.8) is 0 Å². The third kappa shape index (κ3) is 4.72. The predicted octanol–water partition coefficient (Wildman–Crippen LogP) is 0.259. The van der Waals surface area contributed by atoms with Crippen molar-refractivity contribution >= 4 is 23.6 Å². The fourth-order valence-corrected chi connectivity index (χ4v) is 3.28. The Kier molecular flexibility index (Phi) is 6.20. The topological polar surface area (TPSA) is 115 Å². The van der Waals surface area contributed by atoms with Crippen molar-refractivity contribution in [2.45, 2.75) is 24.9 Å². The first-order chi connectivity index (χ1) is 13.1. The van der Waals surface area contributed by atoms with E-state index in [4.69, 9.17) is 9.47 Å². The zero-order valence-corrected chi connectivity index (χ0v) is 15.5. The molecule has 0 unspecified atom stereocenters.